The minimum atomic E-state index is -0.302. The summed E-state index contributed by atoms with van der Waals surface area (Å²) in [6.45, 7) is 7.18. The number of hydrogen-bond donors (Lipinski definition) is 0. The van der Waals surface area contributed by atoms with E-state index in [-0.39, 0.29) is 11.3 Å². The third kappa shape index (κ3) is 13.0. The van der Waals surface area contributed by atoms with Gasteiger partial charge in [-0.15, -0.1) is 0 Å². The van der Waals surface area contributed by atoms with Crippen LogP contribution in [0.2, 0.25) is 0 Å². The minimum Gasteiger partial charge on any atom is -0.486 e. The molecule has 0 spiro atoms. The highest BCUT2D eigenvalue weighted by Gasteiger charge is 2.08. The standard InChI is InChI=1S/C10H9N.C10H8O2.C9H8N2.C9H6O2.C8H6N2.C8H8O2/c1-8-6-7-9-4-2-3-5-10(9)11-8;1-7-6-10(11)12-9-5-3-2-4-8(7)9;1-7-6-10-8-4-2-3-5-9(8)11-7;10-9-6-5-7-3-1-2-4-8(7)11-9;2*1-2-4-8-7(3-1)9-5-6-10-8/h2-7H,1H3;2-6H,1H3;2-6H,1H3;1-6H;1-6H;1-4H,5-6H2. The van der Waals surface area contributed by atoms with E-state index in [1.807, 2.05) is 154 Å². The van der Waals surface area contributed by atoms with Gasteiger partial charge in [0.25, 0.3) is 0 Å². The van der Waals surface area contributed by atoms with Crippen LogP contribution in [0.5, 0.6) is 11.5 Å². The molecule has 11 nitrogen and oxygen atoms in total. The molecule has 0 atom stereocenters. The first-order valence-electron chi connectivity index (χ1n) is 20.8. The number of benzene rings is 6. The number of fused-ring (bicyclic) bond motifs is 6. The largest absolute Gasteiger partial charge is 0.486 e. The Hall–Kier alpha value is -8.57. The topological polar surface area (TPSA) is 143 Å². The summed E-state index contributed by atoms with van der Waals surface area (Å²) < 4.78 is 20.5. The van der Waals surface area contributed by atoms with Gasteiger partial charge in [0.05, 0.1) is 33.3 Å². The number of nitrogens with zero attached hydrogens (tertiary/aromatic N) is 5. The molecular formula is C54H45N5O6. The second-order valence-electron chi connectivity index (χ2n) is 14.4. The Morgan fingerprint density at radius 1 is 0.415 bits per heavy atom. The molecule has 0 amide bonds. The molecule has 0 fully saturated rings. The van der Waals surface area contributed by atoms with Crippen molar-refractivity contribution >= 4 is 54.9 Å². The van der Waals surface area contributed by atoms with Gasteiger partial charge in [0.15, 0.2) is 11.5 Å². The average Bonchev–Trinajstić information content (AvgIpc) is 3.35. The quantitative estimate of drug-likeness (QED) is 0.134. The van der Waals surface area contributed by atoms with Crippen LogP contribution >= 0.6 is 0 Å². The molecule has 11 heteroatoms. The van der Waals surface area contributed by atoms with Crippen molar-refractivity contribution < 1.29 is 18.3 Å². The van der Waals surface area contributed by atoms with Crippen molar-refractivity contribution in [2.75, 3.05) is 13.2 Å². The van der Waals surface area contributed by atoms with Crippen LogP contribution in [0, 0.1) is 20.8 Å². The lowest BCUT2D eigenvalue weighted by Crippen LogP contribution is -2.14. The lowest BCUT2D eigenvalue weighted by atomic mass is 10.1. The van der Waals surface area contributed by atoms with E-state index in [9.17, 15) is 9.59 Å². The van der Waals surface area contributed by atoms with Crippen LogP contribution in [0.4, 0.5) is 0 Å². The Labute approximate surface area is 374 Å². The van der Waals surface area contributed by atoms with Crippen molar-refractivity contribution in [3.8, 4) is 11.5 Å². The lowest BCUT2D eigenvalue weighted by molar-refractivity contribution is 0.171. The molecule has 0 N–H and O–H groups in total. The molecule has 0 aliphatic carbocycles. The van der Waals surface area contributed by atoms with E-state index in [1.165, 1.54) is 17.5 Å². The summed E-state index contributed by atoms with van der Waals surface area (Å²) >= 11 is 0. The van der Waals surface area contributed by atoms with E-state index in [1.54, 1.807) is 36.8 Å². The number of aromatic nitrogens is 5. The first kappa shape index (κ1) is 44.5. The van der Waals surface area contributed by atoms with Crippen molar-refractivity contribution in [2.24, 2.45) is 0 Å². The maximum Gasteiger partial charge on any atom is 0.336 e. The molecule has 0 unspecified atom stereocenters. The van der Waals surface area contributed by atoms with E-state index in [0.717, 1.165) is 66.8 Å². The van der Waals surface area contributed by atoms with Gasteiger partial charge in [0.2, 0.25) is 0 Å². The van der Waals surface area contributed by atoms with Gasteiger partial charge in [-0.1, -0.05) is 97.1 Å². The molecule has 6 heterocycles. The van der Waals surface area contributed by atoms with Crippen LogP contribution in [0.3, 0.4) is 0 Å². The average molecular weight is 860 g/mol. The Kier molecular flexibility index (Phi) is 15.4. The van der Waals surface area contributed by atoms with Gasteiger partial charge in [0.1, 0.15) is 24.4 Å². The third-order valence-electron chi connectivity index (χ3n) is 9.52. The van der Waals surface area contributed by atoms with Crippen LogP contribution in [0.15, 0.2) is 213 Å². The molecule has 322 valence electrons. The monoisotopic (exact) mass is 859 g/mol. The highest BCUT2D eigenvalue weighted by atomic mass is 16.6. The van der Waals surface area contributed by atoms with Crippen molar-refractivity contribution in [3.63, 3.8) is 0 Å². The predicted molar refractivity (Wildman–Crippen MR) is 257 cm³/mol. The summed E-state index contributed by atoms with van der Waals surface area (Å²) in [5, 5.41) is 3.15. The molecule has 65 heavy (non-hydrogen) atoms. The van der Waals surface area contributed by atoms with Crippen LogP contribution in [-0.4, -0.2) is 38.1 Å². The molecule has 0 bridgehead atoms. The van der Waals surface area contributed by atoms with Gasteiger partial charge in [-0.2, -0.15) is 0 Å². The maximum atomic E-state index is 10.9. The Bertz CT molecular complexity index is 3240. The molecule has 0 saturated carbocycles. The smallest absolute Gasteiger partial charge is 0.336 e. The highest BCUT2D eigenvalue weighted by Crippen LogP contribution is 2.28. The number of para-hydroxylation sites is 9. The number of hydrogen-bond acceptors (Lipinski definition) is 11. The van der Waals surface area contributed by atoms with Crippen molar-refractivity contribution in [1.82, 2.24) is 24.9 Å². The van der Waals surface area contributed by atoms with E-state index in [4.69, 9.17) is 18.3 Å². The molecule has 5 aromatic heterocycles. The van der Waals surface area contributed by atoms with Crippen LogP contribution in [-0.2, 0) is 0 Å². The summed E-state index contributed by atoms with van der Waals surface area (Å²) in [5.41, 5.74) is 8.60. The fraction of sp³-hybridized carbons (Fsp3) is 0.0926. The highest BCUT2D eigenvalue weighted by molar-refractivity contribution is 5.80. The zero-order valence-electron chi connectivity index (χ0n) is 36.1. The van der Waals surface area contributed by atoms with Crippen LogP contribution in [0.1, 0.15) is 17.0 Å². The third-order valence-corrected chi connectivity index (χ3v) is 9.52. The zero-order chi connectivity index (χ0) is 45.2. The van der Waals surface area contributed by atoms with Gasteiger partial charge in [-0.3, -0.25) is 19.9 Å². The van der Waals surface area contributed by atoms with Gasteiger partial charge < -0.3 is 18.3 Å². The normalized spacial score (nSPS) is 10.9. The molecule has 11 aromatic rings. The SMILES string of the molecule is Cc1cc(=O)oc2ccccc12.Cc1ccc2ccccc2n1.Cc1cnc2ccccc2n1.O=c1ccc2ccccc2o1.c1ccc2c(c1)OCCO2.c1ccc2nccnc2c1. The molecule has 0 radical (unpaired) electrons. The summed E-state index contributed by atoms with van der Waals surface area (Å²) in [6, 6.07) is 55.2. The van der Waals surface area contributed by atoms with Crippen LogP contribution in [0.25, 0.3) is 54.9 Å². The fourth-order valence-electron chi connectivity index (χ4n) is 6.40. The molecule has 1 aliphatic rings. The molecule has 12 rings (SSSR count). The summed E-state index contributed by atoms with van der Waals surface area (Å²) in [5.74, 6) is 1.71. The van der Waals surface area contributed by atoms with Crippen molar-refractivity contribution in [2.45, 2.75) is 20.8 Å². The molecule has 1 aliphatic heterocycles. The van der Waals surface area contributed by atoms with Gasteiger partial charge in [0, 0.05) is 52.6 Å². The fourth-order valence-corrected chi connectivity index (χ4v) is 6.40. The Morgan fingerprint density at radius 2 is 0.908 bits per heavy atom. The van der Waals surface area contributed by atoms with Crippen LogP contribution < -0.4 is 20.7 Å². The second-order valence-corrected chi connectivity index (χ2v) is 14.4. The summed E-state index contributed by atoms with van der Waals surface area (Å²) in [6.07, 6.45) is 5.17. The first-order chi connectivity index (χ1) is 31.8. The van der Waals surface area contributed by atoms with Gasteiger partial charge in [-0.25, -0.2) is 14.6 Å². The second kappa shape index (κ2) is 22.5. The van der Waals surface area contributed by atoms with Crippen molar-refractivity contribution in [3.05, 3.63) is 232 Å². The predicted octanol–water partition coefficient (Wildman–Crippen LogP) is 11.5. The molecular weight excluding hydrogens is 815 g/mol. The van der Waals surface area contributed by atoms with E-state index >= 15 is 0 Å². The molecule has 6 aromatic carbocycles. The number of aryl methyl sites for hydroxylation is 3. The van der Waals surface area contributed by atoms with E-state index < -0.39 is 0 Å². The number of pyridine rings is 1. The van der Waals surface area contributed by atoms with Gasteiger partial charge >= 0.3 is 11.3 Å². The zero-order valence-corrected chi connectivity index (χ0v) is 36.1. The van der Waals surface area contributed by atoms with Gasteiger partial charge in [-0.05, 0) is 93.1 Å². The Balaban J connectivity index is 0.000000116. The summed E-state index contributed by atoms with van der Waals surface area (Å²) in [7, 11) is 0. The van der Waals surface area contributed by atoms with E-state index in [0.29, 0.717) is 24.4 Å². The molecule has 0 saturated heterocycles. The Morgan fingerprint density at radius 3 is 1.58 bits per heavy atom. The van der Waals surface area contributed by atoms with Crippen molar-refractivity contribution in [1.29, 1.82) is 0 Å². The van der Waals surface area contributed by atoms with E-state index in [2.05, 4.69) is 37.1 Å². The lowest BCUT2D eigenvalue weighted by Gasteiger charge is -2.17. The minimum absolute atomic E-state index is 0.286. The maximum absolute atomic E-state index is 10.9. The summed E-state index contributed by atoms with van der Waals surface area (Å²) in [4.78, 5) is 42.8. The first-order valence-corrected chi connectivity index (χ1v) is 20.8. The number of rotatable bonds is 0. The number of ether oxygens (including phenoxy) is 2.